The highest BCUT2D eigenvalue weighted by atomic mass is 32.2. The second-order valence-electron chi connectivity index (χ2n) is 7.15. The molecule has 10 heteroatoms. The smallest absolute Gasteiger partial charge is 0.340 e. The fraction of sp³-hybridized carbons (Fsp3) is 0.364. The number of thiophene rings is 1. The van der Waals surface area contributed by atoms with E-state index in [1.807, 2.05) is 23.6 Å². The average Bonchev–Trinajstić information content (AvgIpc) is 3.42. The van der Waals surface area contributed by atoms with Gasteiger partial charge in [-0.2, -0.15) is 0 Å². The van der Waals surface area contributed by atoms with Crippen molar-refractivity contribution in [3.63, 3.8) is 0 Å². The molecule has 0 aliphatic heterocycles. The monoisotopic (exact) mass is 474 g/mol. The number of esters is 1. The number of thioether (sulfide) groups is 1. The standard InChI is InChI=1S/C22H26N4O4S2/c1-5-26-18(12-30-16-8-6-15(7-9-16)14(2)3)24-25-22(26)32-13-19(27)23-20-17(10-11-31-20)21(28)29-4/h6-11,14H,5,12-13H2,1-4H3,(H,23,27). The van der Waals surface area contributed by atoms with Crippen LogP contribution in [0.2, 0.25) is 0 Å². The van der Waals surface area contributed by atoms with Crippen LogP contribution in [-0.2, 0) is 22.7 Å². The highest BCUT2D eigenvalue weighted by Crippen LogP contribution is 2.25. The summed E-state index contributed by atoms with van der Waals surface area (Å²) in [6, 6.07) is 9.65. The summed E-state index contributed by atoms with van der Waals surface area (Å²) >= 11 is 2.55. The molecule has 0 atom stereocenters. The Balaban J connectivity index is 1.57. The lowest BCUT2D eigenvalue weighted by molar-refractivity contribution is -0.113. The number of anilines is 1. The summed E-state index contributed by atoms with van der Waals surface area (Å²) in [5.41, 5.74) is 1.60. The number of aromatic nitrogens is 3. The lowest BCUT2D eigenvalue weighted by Gasteiger charge is -2.10. The minimum atomic E-state index is -0.483. The third-order valence-electron chi connectivity index (χ3n) is 4.68. The first-order valence-electron chi connectivity index (χ1n) is 10.2. The Kier molecular flexibility index (Phi) is 8.29. The minimum absolute atomic E-state index is 0.133. The average molecular weight is 475 g/mol. The zero-order valence-corrected chi connectivity index (χ0v) is 20.1. The lowest BCUT2D eigenvalue weighted by atomic mass is 10.0. The molecule has 0 spiro atoms. The van der Waals surface area contributed by atoms with E-state index in [0.29, 0.717) is 34.0 Å². The summed E-state index contributed by atoms with van der Waals surface area (Å²) in [5, 5.41) is 14.0. The number of ether oxygens (including phenoxy) is 2. The molecule has 0 aliphatic carbocycles. The Morgan fingerprint density at radius 3 is 2.59 bits per heavy atom. The van der Waals surface area contributed by atoms with Gasteiger partial charge in [0.05, 0.1) is 18.4 Å². The van der Waals surface area contributed by atoms with Crippen LogP contribution in [0.25, 0.3) is 0 Å². The highest BCUT2D eigenvalue weighted by molar-refractivity contribution is 7.99. The van der Waals surface area contributed by atoms with E-state index >= 15 is 0 Å². The molecule has 0 radical (unpaired) electrons. The largest absolute Gasteiger partial charge is 0.486 e. The van der Waals surface area contributed by atoms with Crippen molar-refractivity contribution in [2.45, 2.75) is 45.0 Å². The maximum atomic E-state index is 12.4. The van der Waals surface area contributed by atoms with Crippen molar-refractivity contribution in [1.29, 1.82) is 0 Å². The number of amides is 1. The van der Waals surface area contributed by atoms with Gasteiger partial charge in [-0.05, 0) is 42.0 Å². The van der Waals surface area contributed by atoms with Crippen molar-refractivity contribution in [2.75, 3.05) is 18.2 Å². The summed E-state index contributed by atoms with van der Waals surface area (Å²) in [6.07, 6.45) is 0. The van der Waals surface area contributed by atoms with Crippen LogP contribution in [-0.4, -0.2) is 39.5 Å². The molecule has 0 bridgehead atoms. The van der Waals surface area contributed by atoms with Gasteiger partial charge in [0.25, 0.3) is 0 Å². The van der Waals surface area contributed by atoms with Crippen LogP contribution in [0.4, 0.5) is 5.00 Å². The maximum absolute atomic E-state index is 12.4. The SMILES string of the molecule is CCn1c(COc2ccc(C(C)C)cc2)nnc1SCC(=O)Nc1sccc1C(=O)OC. The number of methoxy groups -OCH3 is 1. The van der Waals surface area contributed by atoms with Gasteiger partial charge >= 0.3 is 5.97 Å². The molecule has 0 aliphatic rings. The van der Waals surface area contributed by atoms with Crippen LogP contribution in [0, 0.1) is 0 Å². The first-order valence-corrected chi connectivity index (χ1v) is 12.0. The third-order valence-corrected chi connectivity index (χ3v) is 6.48. The molecule has 32 heavy (non-hydrogen) atoms. The van der Waals surface area contributed by atoms with Gasteiger partial charge in [-0.25, -0.2) is 4.79 Å². The van der Waals surface area contributed by atoms with Crippen molar-refractivity contribution in [2.24, 2.45) is 0 Å². The van der Waals surface area contributed by atoms with Crippen LogP contribution < -0.4 is 10.1 Å². The molecule has 1 N–H and O–H groups in total. The van der Waals surface area contributed by atoms with E-state index in [-0.39, 0.29) is 18.3 Å². The number of nitrogens with zero attached hydrogens (tertiary/aromatic N) is 3. The zero-order valence-electron chi connectivity index (χ0n) is 18.5. The topological polar surface area (TPSA) is 95.3 Å². The van der Waals surface area contributed by atoms with E-state index < -0.39 is 5.97 Å². The van der Waals surface area contributed by atoms with Crippen LogP contribution in [0.3, 0.4) is 0 Å². The molecule has 170 valence electrons. The normalized spacial score (nSPS) is 10.9. The van der Waals surface area contributed by atoms with Gasteiger partial charge in [0.2, 0.25) is 5.91 Å². The van der Waals surface area contributed by atoms with E-state index in [1.54, 1.807) is 11.4 Å². The molecule has 1 amide bonds. The number of nitrogens with one attached hydrogen (secondary N) is 1. The van der Waals surface area contributed by atoms with Gasteiger partial charge < -0.3 is 19.4 Å². The Hall–Kier alpha value is -2.85. The Morgan fingerprint density at radius 2 is 1.94 bits per heavy atom. The Morgan fingerprint density at radius 1 is 1.19 bits per heavy atom. The van der Waals surface area contributed by atoms with Crippen molar-refractivity contribution < 1.29 is 19.1 Å². The number of rotatable bonds is 10. The van der Waals surface area contributed by atoms with Crippen molar-refractivity contribution in [1.82, 2.24) is 14.8 Å². The van der Waals surface area contributed by atoms with Crippen molar-refractivity contribution in [3.05, 3.63) is 52.7 Å². The molecule has 0 saturated heterocycles. The molecule has 0 saturated carbocycles. The van der Waals surface area contributed by atoms with Crippen LogP contribution >= 0.6 is 23.1 Å². The van der Waals surface area contributed by atoms with Crippen molar-refractivity contribution in [3.8, 4) is 5.75 Å². The summed E-state index contributed by atoms with van der Waals surface area (Å²) in [7, 11) is 1.31. The first kappa shape index (κ1) is 23.8. The first-order chi connectivity index (χ1) is 15.4. The Bertz CT molecular complexity index is 1060. The summed E-state index contributed by atoms with van der Waals surface area (Å²) in [4.78, 5) is 24.1. The van der Waals surface area contributed by atoms with E-state index in [4.69, 9.17) is 9.47 Å². The number of carbonyl (C=O) groups excluding carboxylic acids is 2. The zero-order chi connectivity index (χ0) is 23.1. The van der Waals surface area contributed by atoms with E-state index in [0.717, 1.165) is 5.75 Å². The molecule has 1 aromatic carbocycles. The number of hydrogen-bond donors (Lipinski definition) is 1. The van der Waals surface area contributed by atoms with Gasteiger partial charge in [-0.1, -0.05) is 37.7 Å². The van der Waals surface area contributed by atoms with Gasteiger partial charge in [0.1, 0.15) is 17.4 Å². The molecule has 2 aromatic heterocycles. The highest BCUT2D eigenvalue weighted by Gasteiger charge is 2.17. The van der Waals surface area contributed by atoms with Crippen LogP contribution in [0.15, 0.2) is 40.9 Å². The second kappa shape index (κ2) is 11.1. The minimum Gasteiger partial charge on any atom is -0.486 e. The molecular weight excluding hydrogens is 448 g/mol. The van der Waals surface area contributed by atoms with E-state index in [2.05, 4.69) is 41.5 Å². The van der Waals surface area contributed by atoms with Gasteiger partial charge in [-0.3, -0.25) is 4.79 Å². The summed E-state index contributed by atoms with van der Waals surface area (Å²) < 4.78 is 12.5. The number of hydrogen-bond acceptors (Lipinski definition) is 8. The molecule has 3 aromatic rings. The van der Waals surface area contributed by atoms with Gasteiger partial charge in [0.15, 0.2) is 11.0 Å². The molecule has 2 heterocycles. The lowest BCUT2D eigenvalue weighted by Crippen LogP contribution is -2.16. The van der Waals surface area contributed by atoms with E-state index in [9.17, 15) is 9.59 Å². The molecule has 0 fully saturated rings. The predicted molar refractivity (Wildman–Crippen MR) is 126 cm³/mol. The number of benzene rings is 1. The predicted octanol–water partition coefficient (Wildman–Crippen LogP) is 4.58. The van der Waals surface area contributed by atoms with E-state index in [1.165, 1.54) is 35.8 Å². The van der Waals surface area contributed by atoms with Crippen molar-refractivity contribution >= 4 is 40.0 Å². The molecule has 3 rings (SSSR count). The fourth-order valence-electron chi connectivity index (χ4n) is 2.92. The molecule has 8 nitrogen and oxygen atoms in total. The van der Waals surface area contributed by atoms with Crippen LogP contribution in [0.1, 0.15) is 48.4 Å². The Labute approximate surface area is 195 Å². The molecule has 0 unspecified atom stereocenters. The fourth-order valence-corrected chi connectivity index (χ4v) is 4.53. The third kappa shape index (κ3) is 5.89. The second-order valence-corrected chi connectivity index (χ2v) is 9.01. The van der Waals surface area contributed by atoms with Crippen LogP contribution in [0.5, 0.6) is 5.75 Å². The summed E-state index contributed by atoms with van der Waals surface area (Å²) in [6.45, 7) is 7.23. The molecular formula is C22H26N4O4S2. The van der Waals surface area contributed by atoms with Gasteiger partial charge in [-0.15, -0.1) is 21.5 Å². The number of carbonyl (C=O) groups is 2. The maximum Gasteiger partial charge on any atom is 0.340 e. The summed E-state index contributed by atoms with van der Waals surface area (Å²) in [5.74, 6) is 1.34. The van der Waals surface area contributed by atoms with Gasteiger partial charge in [0, 0.05) is 6.54 Å². The quantitative estimate of drug-likeness (QED) is 0.339.